The van der Waals surface area contributed by atoms with Crippen LogP contribution in [-0.4, -0.2) is 18.9 Å². The molecule has 0 spiro atoms. The molecule has 0 bridgehead atoms. The fraction of sp³-hybridized carbons (Fsp3) is 0.300. The van der Waals surface area contributed by atoms with E-state index in [1.165, 1.54) is 13.8 Å². The van der Waals surface area contributed by atoms with Crippen LogP contribution in [0.5, 0.6) is 0 Å². The summed E-state index contributed by atoms with van der Waals surface area (Å²) in [5.41, 5.74) is -2.74. The van der Waals surface area contributed by atoms with Crippen LogP contribution in [0.4, 0.5) is 14.5 Å². The maximum atomic E-state index is 13.5. The molecule has 10 heteroatoms. The molecule has 1 aromatic rings. The van der Waals surface area contributed by atoms with Crippen molar-refractivity contribution >= 4 is 15.7 Å². The first-order valence-electron chi connectivity index (χ1n) is 5.09. The second-order valence-corrected chi connectivity index (χ2v) is 5.98. The number of benzene rings is 1. The Hall–Kier alpha value is -2.12. The Morgan fingerprint density at radius 3 is 2.35 bits per heavy atom. The van der Waals surface area contributed by atoms with Crippen LogP contribution in [0.2, 0.25) is 0 Å². The Morgan fingerprint density at radius 2 is 1.90 bits per heavy atom. The maximum absolute atomic E-state index is 13.5. The van der Waals surface area contributed by atoms with Crippen LogP contribution in [0.25, 0.3) is 0 Å². The van der Waals surface area contributed by atoms with Gasteiger partial charge in [0.15, 0.2) is 0 Å². The molecule has 0 amide bonds. The van der Waals surface area contributed by atoms with Gasteiger partial charge in [0, 0.05) is 12.1 Å². The van der Waals surface area contributed by atoms with Gasteiger partial charge in [0.2, 0.25) is 15.8 Å². The molecule has 0 radical (unpaired) electrons. The van der Waals surface area contributed by atoms with Crippen molar-refractivity contribution in [2.75, 3.05) is 0 Å². The third kappa shape index (κ3) is 3.25. The molecule has 0 saturated carbocycles. The molecular weight excluding hydrogens is 296 g/mol. The molecule has 0 fully saturated rings. The number of nitro benzene ring substituents is 1. The van der Waals surface area contributed by atoms with Crippen LogP contribution in [0.3, 0.4) is 0 Å². The zero-order valence-corrected chi connectivity index (χ0v) is 11.2. The largest absolute Gasteiger partial charge is 0.306 e. The Kier molecular flexibility index (Phi) is 4.07. The highest BCUT2D eigenvalue weighted by molar-refractivity contribution is 7.89. The first-order chi connectivity index (χ1) is 9.00. The second-order valence-electron chi connectivity index (χ2n) is 4.33. The summed E-state index contributed by atoms with van der Waals surface area (Å²) in [5.74, 6) is -2.99. The molecule has 7 nitrogen and oxygen atoms in total. The van der Waals surface area contributed by atoms with E-state index in [4.69, 9.17) is 5.26 Å². The minimum atomic E-state index is -4.55. The smallest absolute Gasteiger partial charge is 0.258 e. The van der Waals surface area contributed by atoms with Crippen molar-refractivity contribution in [1.29, 1.82) is 5.26 Å². The molecule has 0 aliphatic heterocycles. The van der Waals surface area contributed by atoms with Crippen LogP contribution in [0.15, 0.2) is 17.0 Å². The summed E-state index contributed by atoms with van der Waals surface area (Å²) in [6.07, 6.45) is 0. The Bertz CT molecular complexity index is 710. The average Bonchev–Trinajstić information content (AvgIpc) is 2.26. The second kappa shape index (κ2) is 5.10. The Morgan fingerprint density at radius 1 is 1.35 bits per heavy atom. The van der Waals surface area contributed by atoms with E-state index in [1.54, 1.807) is 6.07 Å². The van der Waals surface area contributed by atoms with Gasteiger partial charge < -0.3 is 0 Å². The summed E-state index contributed by atoms with van der Waals surface area (Å²) in [4.78, 5) is 8.25. The van der Waals surface area contributed by atoms with Gasteiger partial charge in [-0.2, -0.15) is 14.4 Å². The van der Waals surface area contributed by atoms with E-state index in [0.717, 1.165) is 0 Å². The van der Waals surface area contributed by atoms with Crippen LogP contribution < -0.4 is 4.72 Å². The maximum Gasteiger partial charge on any atom is 0.306 e. The predicted octanol–water partition coefficient (Wildman–Crippen LogP) is 1.45. The highest BCUT2D eigenvalue weighted by Gasteiger charge is 2.31. The number of nitro groups is 1. The summed E-state index contributed by atoms with van der Waals surface area (Å²) in [7, 11) is -4.55. The highest BCUT2D eigenvalue weighted by atomic mass is 32.2. The standard InChI is InChI=1S/C10H9F2N3O4S/c1-10(2,5-13)14-20(18,19)9-4-8(15(16)17)6(11)3-7(9)12/h3-4,14H,1-2H3. The number of nitrogens with zero attached hydrogens (tertiary/aromatic N) is 2. The average molecular weight is 305 g/mol. The van der Waals surface area contributed by atoms with Crippen molar-refractivity contribution in [1.82, 2.24) is 4.72 Å². The van der Waals surface area contributed by atoms with E-state index >= 15 is 0 Å². The van der Waals surface area contributed by atoms with Gasteiger partial charge >= 0.3 is 5.69 Å². The number of sulfonamides is 1. The third-order valence-corrected chi connectivity index (χ3v) is 3.83. The van der Waals surface area contributed by atoms with Gasteiger partial charge in [-0.15, -0.1) is 0 Å². The normalized spacial score (nSPS) is 11.9. The molecular formula is C10H9F2N3O4S. The zero-order chi connectivity index (χ0) is 15.7. The molecule has 0 unspecified atom stereocenters. The minimum Gasteiger partial charge on any atom is -0.258 e. The van der Waals surface area contributed by atoms with Crippen molar-refractivity contribution < 1.29 is 22.1 Å². The predicted molar refractivity (Wildman–Crippen MR) is 63.0 cm³/mol. The van der Waals surface area contributed by atoms with E-state index in [-0.39, 0.29) is 12.1 Å². The molecule has 0 atom stereocenters. The Labute approximate surface area is 113 Å². The van der Waals surface area contributed by atoms with Gasteiger partial charge in [0.1, 0.15) is 16.3 Å². The summed E-state index contributed by atoms with van der Waals surface area (Å²) >= 11 is 0. The fourth-order valence-electron chi connectivity index (χ4n) is 1.28. The summed E-state index contributed by atoms with van der Waals surface area (Å²) in [6.45, 7) is 2.42. The molecule has 0 heterocycles. The topological polar surface area (TPSA) is 113 Å². The molecule has 20 heavy (non-hydrogen) atoms. The van der Waals surface area contributed by atoms with Gasteiger partial charge in [-0.05, 0) is 13.8 Å². The van der Waals surface area contributed by atoms with Gasteiger partial charge in [0.05, 0.1) is 11.0 Å². The van der Waals surface area contributed by atoms with Crippen molar-refractivity contribution in [3.63, 3.8) is 0 Å². The van der Waals surface area contributed by atoms with Crippen molar-refractivity contribution in [3.05, 3.63) is 33.9 Å². The van der Waals surface area contributed by atoms with Crippen molar-refractivity contribution in [2.24, 2.45) is 0 Å². The fourth-order valence-corrected chi connectivity index (χ4v) is 2.69. The summed E-state index contributed by atoms with van der Waals surface area (Å²) < 4.78 is 52.2. The van der Waals surface area contributed by atoms with E-state index in [0.29, 0.717) is 0 Å². The van der Waals surface area contributed by atoms with Crippen LogP contribution in [0, 0.1) is 33.1 Å². The van der Waals surface area contributed by atoms with Gasteiger partial charge in [0.25, 0.3) is 0 Å². The van der Waals surface area contributed by atoms with E-state index in [1.807, 2.05) is 4.72 Å². The highest BCUT2D eigenvalue weighted by Crippen LogP contribution is 2.25. The molecule has 0 aliphatic rings. The van der Waals surface area contributed by atoms with Crippen LogP contribution in [-0.2, 0) is 10.0 Å². The molecule has 0 aliphatic carbocycles. The lowest BCUT2D eigenvalue weighted by Gasteiger charge is -2.17. The summed E-state index contributed by atoms with van der Waals surface area (Å²) in [5, 5.41) is 19.3. The summed E-state index contributed by atoms with van der Waals surface area (Å²) in [6, 6.07) is 1.98. The SMILES string of the molecule is CC(C)(C#N)NS(=O)(=O)c1cc([N+](=O)[O-])c(F)cc1F. The number of nitrogens with one attached hydrogen (secondary N) is 1. The number of rotatable bonds is 4. The number of hydrogen-bond acceptors (Lipinski definition) is 5. The van der Waals surface area contributed by atoms with Crippen LogP contribution >= 0.6 is 0 Å². The van der Waals surface area contributed by atoms with Gasteiger partial charge in [-0.25, -0.2) is 12.8 Å². The first-order valence-corrected chi connectivity index (χ1v) is 6.57. The monoisotopic (exact) mass is 305 g/mol. The van der Waals surface area contributed by atoms with E-state index in [2.05, 4.69) is 0 Å². The molecule has 1 N–H and O–H groups in total. The molecule has 1 rings (SSSR count). The lowest BCUT2D eigenvalue weighted by atomic mass is 10.1. The van der Waals surface area contributed by atoms with Gasteiger partial charge in [-0.1, -0.05) is 0 Å². The minimum absolute atomic E-state index is 0.103. The quantitative estimate of drug-likeness (QED) is 0.668. The van der Waals surface area contributed by atoms with Crippen molar-refractivity contribution in [2.45, 2.75) is 24.3 Å². The molecule has 1 aromatic carbocycles. The third-order valence-electron chi connectivity index (χ3n) is 2.16. The van der Waals surface area contributed by atoms with E-state index < -0.39 is 42.7 Å². The number of halogens is 2. The number of nitriles is 1. The Balaban J connectivity index is 3.44. The first kappa shape index (κ1) is 15.9. The van der Waals surface area contributed by atoms with Gasteiger partial charge in [-0.3, -0.25) is 10.1 Å². The molecule has 108 valence electrons. The lowest BCUT2D eigenvalue weighted by Crippen LogP contribution is -2.42. The van der Waals surface area contributed by atoms with Crippen molar-refractivity contribution in [3.8, 4) is 6.07 Å². The molecule has 0 saturated heterocycles. The van der Waals surface area contributed by atoms with Crippen LogP contribution in [0.1, 0.15) is 13.8 Å². The molecule has 0 aromatic heterocycles. The van der Waals surface area contributed by atoms with E-state index in [9.17, 15) is 27.3 Å². The zero-order valence-electron chi connectivity index (χ0n) is 10.3. The number of hydrogen-bond donors (Lipinski definition) is 1. The lowest BCUT2D eigenvalue weighted by molar-refractivity contribution is -0.387.